The Bertz CT molecular complexity index is 745. The molecule has 1 aliphatic rings. The van der Waals surface area contributed by atoms with Crippen molar-refractivity contribution < 1.29 is 13.9 Å². The number of methoxy groups -OCH3 is 1. The van der Waals surface area contributed by atoms with Crippen molar-refractivity contribution in [1.29, 1.82) is 0 Å². The predicted octanol–water partition coefficient (Wildman–Crippen LogP) is 1.90. The number of amides is 1. The Labute approximate surface area is 139 Å². The van der Waals surface area contributed by atoms with Crippen molar-refractivity contribution in [3.63, 3.8) is 0 Å². The van der Waals surface area contributed by atoms with Crippen LogP contribution in [0, 0.1) is 12.7 Å². The van der Waals surface area contributed by atoms with E-state index in [9.17, 15) is 9.18 Å². The molecule has 0 atom stereocenters. The Morgan fingerprint density at radius 1 is 1.17 bits per heavy atom. The molecule has 1 saturated heterocycles. The molecule has 2 aromatic rings. The third-order valence-electron chi connectivity index (χ3n) is 3.97. The third kappa shape index (κ3) is 3.45. The number of nitrogens with zero attached hydrogens (tertiary/aromatic N) is 4. The largest absolute Gasteiger partial charge is 0.481 e. The van der Waals surface area contributed by atoms with E-state index in [0.29, 0.717) is 43.4 Å². The fourth-order valence-electron chi connectivity index (χ4n) is 2.73. The first-order valence-corrected chi connectivity index (χ1v) is 7.76. The van der Waals surface area contributed by atoms with Gasteiger partial charge in [-0.1, -0.05) is 6.07 Å². The van der Waals surface area contributed by atoms with Crippen LogP contribution >= 0.6 is 0 Å². The van der Waals surface area contributed by atoms with Gasteiger partial charge in [-0.2, -0.15) is 4.98 Å². The summed E-state index contributed by atoms with van der Waals surface area (Å²) < 4.78 is 18.5. The van der Waals surface area contributed by atoms with Crippen molar-refractivity contribution >= 4 is 11.7 Å². The normalized spacial score (nSPS) is 14.6. The number of halogens is 1. The lowest BCUT2D eigenvalue weighted by molar-refractivity contribution is 0.0746. The van der Waals surface area contributed by atoms with Gasteiger partial charge in [0.25, 0.3) is 5.91 Å². The second-order valence-electron chi connectivity index (χ2n) is 5.61. The zero-order valence-electron chi connectivity index (χ0n) is 13.7. The van der Waals surface area contributed by atoms with Crippen LogP contribution in [0.4, 0.5) is 10.2 Å². The monoisotopic (exact) mass is 330 g/mol. The molecule has 0 N–H and O–H groups in total. The minimum Gasteiger partial charge on any atom is -0.481 e. The van der Waals surface area contributed by atoms with Crippen LogP contribution in [0.2, 0.25) is 0 Å². The van der Waals surface area contributed by atoms with Gasteiger partial charge < -0.3 is 14.5 Å². The molecule has 126 valence electrons. The maximum atomic E-state index is 13.3. The molecule has 3 rings (SSSR count). The Morgan fingerprint density at radius 3 is 2.58 bits per heavy atom. The zero-order valence-corrected chi connectivity index (χ0v) is 13.7. The molecule has 7 heteroatoms. The van der Waals surface area contributed by atoms with Gasteiger partial charge in [-0.05, 0) is 25.1 Å². The summed E-state index contributed by atoms with van der Waals surface area (Å²) in [5, 5.41) is 0. The summed E-state index contributed by atoms with van der Waals surface area (Å²) in [7, 11) is 1.57. The van der Waals surface area contributed by atoms with Crippen LogP contribution in [-0.2, 0) is 0 Å². The van der Waals surface area contributed by atoms with Crippen LogP contribution in [0.25, 0.3) is 0 Å². The molecule has 0 aliphatic carbocycles. The SMILES string of the molecule is COc1cc(N2CCN(C(=O)c3cccc(F)c3)CC2)nc(C)n1. The van der Waals surface area contributed by atoms with E-state index in [4.69, 9.17) is 4.74 Å². The highest BCUT2D eigenvalue weighted by molar-refractivity contribution is 5.94. The van der Waals surface area contributed by atoms with Crippen LogP contribution in [0.5, 0.6) is 5.88 Å². The molecular weight excluding hydrogens is 311 g/mol. The molecule has 1 aromatic carbocycles. The summed E-state index contributed by atoms with van der Waals surface area (Å²) in [6, 6.07) is 7.58. The standard InChI is InChI=1S/C17H19FN4O2/c1-12-19-15(11-16(20-12)24-2)21-6-8-22(9-7-21)17(23)13-4-3-5-14(18)10-13/h3-5,10-11H,6-9H2,1-2H3. The Hall–Kier alpha value is -2.70. The lowest BCUT2D eigenvalue weighted by atomic mass is 10.1. The van der Waals surface area contributed by atoms with Gasteiger partial charge in [-0.15, -0.1) is 0 Å². The van der Waals surface area contributed by atoms with Crippen molar-refractivity contribution in [2.75, 3.05) is 38.2 Å². The highest BCUT2D eigenvalue weighted by Crippen LogP contribution is 2.19. The summed E-state index contributed by atoms with van der Waals surface area (Å²) in [5.74, 6) is 1.41. The fourth-order valence-corrected chi connectivity index (χ4v) is 2.73. The number of anilines is 1. The molecule has 1 fully saturated rings. The van der Waals surface area contributed by atoms with Gasteiger partial charge >= 0.3 is 0 Å². The summed E-state index contributed by atoms with van der Waals surface area (Å²) in [6.07, 6.45) is 0. The Balaban J connectivity index is 1.67. The van der Waals surface area contributed by atoms with Crippen LogP contribution < -0.4 is 9.64 Å². The number of hydrogen-bond acceptors (Lipinski definition) is 5. The number of hydrogen-bond donors (Lipinski definition) is 0. The minimum absolute atomic E-state index is 0.148. The van der Waals surface area contributed by atoms with E-state index in [1.807, 2.05) is 6.92 Å². The number of aryl methyl sites for hydroxylation is 1. The molecular formula is C17H19FN4O2. The first-order valence-electron chi connectivity index (χ1n) is 7.76. The molecule has 24 heavy (non-hydrogen) atoms. The van der Waals surface area contributed by atoms with E-state index in [1.54, 1.807) is 30.2 Å². The first-order chi connectivity index (χ1) is 11.6. The smallest absolute Gasteiger partial charge is 0.254 e. The number of piperazine rings is 1. The van der Waals surface area contributed by atoms with Crippen molar-refractivity contribution in [2.45, 2.75) is 6.92 Å². The molecule has 6 nitrogen and oxygen atoms in total. The van der Waals surface area contributed by atoms with Crippen molar-refractivity contribution in [1.82, 2.24) is 14.9 Å². The van der Waals surface area contributed by atoms with Crippen molar-refractivity contribution in [3.8, 4) is 5.88 Å². The molecule has 0 bridgehead atoms. The summed E-state index contributed by atoms with van der Waals surface area (Å²) in [5.41, 5.74) is 0.378. The van der Waals surface area contributed by atoms with Gasteiger partial charge in [-0.25, -0.2) is 9.37 Å². The lowest BCUT2D eigenvalue weighted by Crippen LogP contribution is -2.49. The molecule has 0 unspecified atom stereocenters. The van der Waals surface area contributed by atoms with Crippen LogP contribution in [0.15, 0.2) is 30.3 Å². The summed E-state index contributed by atoms with van der Waals surface area (Å²) in [4.78, 5) is 24.9. The first kappa shape index (κ1) is 16.2. The fraction of sp³-hybridized carbons (Fsp3) is 0.353. The van der Waals surface area contributed by atoms with Gasteiger partial charge in [0.05, 0.1) is 7.11 Å². The van der Waals surface area contributed by atoms with Crippen molar-refractivity contribution in [3.05, 3.63) is 47.5 Å². The number of carbonyl (C=O) groups excluding carboxylic acids is 1. The average molecular weight is 330 g/mol. The van der Waals surface area contributed by atoms with E-state index in [0.717, 1.165) is 5.82 Å². The Kier molecular flexibility index (Phi) is 4.59. The Morgan fingerprint density at radius 2 is 1.92 bits per heavy atom. The number of carbonyl (C=O) groups is 1. The second kappa shape index (κ2) is 6.82. The van der Waals surface area contributed by atoms with Gasteiger partial charge in [0.2, 0.25) is 5.88 Å². The van der Waals surface area contributed by atoms with E-state index >= 15 is 0 Å². The quantitative estimate of drug-likeness (QED) is 0.860. The second-order valence-corrected chi connectivity index (χ2v) is 5.61. The number of rotatable bonds is 3. The third-order valence-corrected chi connectivity index (χ3v) is 3.97. The molecule has 0 saturated carbocycles. The van der Waals surface area contributed by atoms with E-state index in [1.165, 1.54) is 12.1 Å². The summed E-state index contributed by atoms with van der Waals surface area (Å²) >= 11 is 0. The van der Waals surface area contributed by atoms with Gasteiger partial charge in [0, 0.05) is 37.8 Å². The molecule has 1 amide bonds. The van der Waals surface area contributed by atoms with Crippen LogP contribution in [0.1, 0.15) is 16.2 Å². The van der Waals surface area contributed by atoms with Gasteiger partial charge in [0.15, 0.2) is 0 Å². The molecule has 0 spiro atoms. The molecule has 2 heterocycles. The lowest BCUT2D eigenvalue weighted by Gasteiger charge is -2.35. The van der Waals surface area contributed by atoms with Gasteiger partial charge in [0.1, 0.15) is 17.5 Å². The zero-order chi connectivity index (χ0) is 17.1. The molecule has 0 radical (unpaired) electrons. The van der Waals surface area contributed by atoms with Crippen LogP contribution in [0.3, 0.4) is 0 Å². The molecule has 1 aromatic heterocycles. The maximum Gasteiger partial charge on any atom is 0.254 e. The predicted molar refractivity (Wildman–Crippen MR) is 87.8 cm³/mol. The van der Waals surface area contributed by atoms with Gasteiger partial charge in [-0.3, -0.25) is 4.79 Å². The average Bonchev–Trinajstić information content (AvgIpc) is 2.60. The maximum absolute atomic E-state index is 13.3. The number of benzene rings is 1. The summed E-state index contributed by atoms with van der Waals surface area (Å²) in [6.45, 7) is 4.23. The highest BCUT2D eigenvalue weighted by atomic mass is 19.1. The number of ether oxygens (including phenoxy) is 1. The van der Waals surface area contributed by atoms with E-state index in [2.05, 4.69) is 14.9 Å². The highest BCUT2D eigenvalue weighted by Gasteiger charge is 2.23. The minimum atomic E-state index is -0.400. The van der Waals surface area contributed by atoms with E-state index < -0.39 is 5.82 Å². The topological polar surface area (TPSA) is 58.6 Å². The molecule has 1 aliphatic heterocycles. The van der Waals surface area contributed by atoms with Crippen molar-refractivity contribution in [2.24, 2.45) is 0 Å². The van der Waals surface area contributed by atoms with E-state index in [-0.39, 0.29) is 5.91 Å². The number of aromatic nitrogens is 2. The van der Waals surface area contributed by atoms with Crippen LogP contribution in [-0.4, -0.2) is 54.1 Å².